The first-order chi connectivity index (χ1) is 11.0. The smallest absolute Gasteiger partial charge is 0.120 e. The average Bonchev–Trinajstić information content (AvgIpc) is 2.55. The highest BCUT2D eigenvalue weighted by molar-refractivity contribution is 5.30. The van der Waals surface area contributed by atoms with E-state index in [4.69, 9.17) is 0 Å². The molecule has 124 valence electrons. The van der Waals surface area contributed by atoms with E-state index in [2.05, 4.69) is 41.0 Å². The summed E-state index contributed by atoms with van der Waals surface area (Å²) >= 11 is 0. The summed E-state index contributed by atoms with van der Waals surface area (Å²) in [5, 5.41) is 10.0. The van der Waals surface area contributed by atoms with Gasteiger partial charge in [-0.1, -0.05) is 55.4 Å². The van der Waals surface area contributed by atoms with Gasteiger partial charge in [0.2, 0.25) is 0 Å². The Kier molecular flexibility index (Phi) is 5.09. The van der Waals surface area contributed by atoms with Crippen molar-refractivity contribution >= 4 is 0 Å². The van der Waals surface area contributed by atoms with E-state index < -0.39 is 5.60 Å². The zero-order valence-corrected chi connectivity index (χ0v) is 14.5. The molecule has 2 aliphatic rings. The Bertz CT molecular complexity index is 584. The van der Waals surface area contributed by atoms with Crippen LogP contribution in [0.3, 0.4) is 0 Å². The van der Waals surface area contributed by atoms with Crippen LogP contribution in [-0.2, 0) is 13.0 Å². The van der Waals surface area contributed by atoms with Gasteiger partial charge < -0.3 is 5.11 Å². The first kappa shape index (κ1) is 16.6. The predicted octanol–water partition coefficient (Wildman–Crippen LogP) is 3.77. The lowest BCUT2D eigenvalue weighted by atomic mass is 9.82. The molecule has 23 heavy (non-hydrogen) atoms. The Labute approximate surface area is 140 Å². The van der Waals surface area contributed by atoms with Gasteiger partial charge in [-0.25, -0.2) is 0 Å². The molecule has 0 spiro atoms. The number of hydrogen-bond donors (Lipinski definition) is 1. The zero-order valence-electron chi connectivity index (χ0n) is 14.5. The number of benzene rings is 1. The third-order valence-corrected chi connectivity index (χ3v) is 5.18. The third-order valence-electron chi connectivity index (χ3n) is 5.18. The van der Waals surface area contributed by atoms with Gasteiger partial charge in [0.15, 0.2) is 0 Å². The Balaban J connectivity index is 1.81. The van der Waals surface area contributed by atoms with E-state index in [0.717, 1.165) is 19.5 Å². The summed E-state index contributed by atoms with van der Waals surface area (Å²) in [7, 11) is 0. The summed E-state index contributed by atoms with van der Waals surface area (Å²) in [6.45, 7) is 5.64. The van der Waals surface area contributed by atoms with Crippen LogP contribution in [0.4, 0.5) is 0 Å². The number of nitrogens with zero attached hydrogens (tertiary/aromatic N) is 1. The molecule has 1 aromatic carbocycles. The maximum Gasteiger partial charge on any atom is 0.120 e. The van der Waals surface area contributed by atoms with Crippen molar-refractivity contribution in [2.45, 2.75) is 70.6 Å². The third kappa shape index (κ3) is 4.37. The lowest BCUT2D eigenvalue weighted by molar-refractivity contribution is 0.134. The van der Waals surface area contributed by atoms with E-state index in [1.165, 1.54) is 43.2 Å². The molecule has 1 saturated carbocycles. The van der Waals surface area contributed by atoms with E-state index in [0.29, 0.717) is 5.92 Å². The topological polar surface area (TPSA) is 23.5 Å². The van der Waals surface area contributed by atoms with Gasteiger partial charge in [0, 0.05) is 13.1 Å². The molecular weight excluding hydrogens is 282 g/mol. The van der Waals surface area contributed by atoms with E-state index in [1.807, 2.05) is 0 Å². The summed E-state index contributed by atoms with van der Waals surface area (Å²) in [6, 6.07) is 9.07. The van der Waals surface area contributed by atoms with Crippen molar-refractivity contribution in [3.05, 3.63) is 35.4 Å². The van der Waals surface area contributed by atoms with Crippen LogP contribution in [0, 0.1) is 17.8 Å². The zero-order chi connectivity index (χ0) is 16.3. The molecule has 3 rings (SSSR count). The first-order valence-corrected chi connectivity index (χ1v) is 9.09. The van der Waals surface area contributed by atoms with Crippen LogP contribution in [0.15, 0.2) is 24.3 Å². The lowest BCUT2D eigenvalue weighted by Crippen LogP contribution is -2.43. The van der Waals surface area contributed by atoms with E-state index >= 15 is 0 Å². The van der Waals surface area contributed by atoms with Gasteiger partial charge in [0.25, 0.3) is 0 Å². The average molecular weight is 311 g/mol. The number of fused-ring (bicyclic) bond motifs is 1. The molecular formula is C21H29NO. The number of rotatable bonds is 2. The molecule has 0 saturated heterocycles. The quantitative estimate of drug-likeness (QED) is 0.841. The minimum absolute atomic E-state index is 0.287. The molecule has 1 atom stereocenters. The van der Waals surface area contributed by atoms with Gasteiger partial charge in [-0.05, 0) is 50.2 Å². The molecule has 1 N–H and O–H groups in total. The van der Waals surface area contributed by atoms with Crippen molar-refractivity contribution in [2.24, 2.45) is 5.92 Å². The van der Waals surface area contributed by atoms with Crippen LogP contribution in [0.5, 0.6) is 0 Å². The summed E-state index contributed by atoms with van der Waals surface area (Å²) < 4.78 is 0. The molecule has 1 aromatic rings. The van der Waals surface area contributed by atoms with Gasteiger partial charge >= 0.3 is 0 Å². The first-order valence-electron chi connectivity index (χ1n) is 9.09. The fourth-order valence-electron chi connectivity index (χ4n) is 3.96. The molecule has 0 unspecified atom stereocenters. The lowest BCUT2D eigenvalue weighted by Gasteiger charge is -2.38. The molecule has 2 nitrogen and oxygen atoms in total. The van der Waals surface area contributed by atoms with Gasteiger partial charge in [0.1, 0.15) is 5.60 Å². The van der Waals surface area contributed by atoms with Crippen molar-refractivity contribution in [3.8, 4) is 11.8 Å². The minimum atomic E-state index is -0.902. The molecule has 1 heterocycles. The van der Waals surface area contributed by atoms with Crippen LogP contribution in [-0.4, -0.2) is 28.2 Å². The Hall–Kier alpha value is -1.30. The van der Waals surface area contributed by atoms with Crippen molar-refractivity contribution in [1.82, 2.24) is 4.90 Å². The van der Waals surface area contributed by atoms with E-state index in [9.17, 15) is 5.11 Å². The summed E-state index contributed by atoms with van der Waals surface area (Å²) in [5.41, 5.74) is 2.03. The largest absolute Gasteiger partial charge is 0.378 e. The summed E-state index contributed by atoms with van der Waals surface area (Å²) in [4.78, 5) is 2.55. The summed E-state index contributed by atoms with van der Waals surface area (Å²) in [5.74, 6) is 7.22. The highest BCUT2D eigenvalue weighted by atomic mass is 16.3. The monoisotopic (exact) mass is 311 g/mol. The molecule has 1 fully saturated rings. The standard InChI is InChI=1S/C21H29NO/c1-21(2,23)14-12-20(18-9-4-3-5-10-18)22-15-13-17-8-6-7-11-19(17)16-22/h6-8,11,18,20,23H,3-5,9-10,13,15-16H2,1-2H3/t20-/m1/s1. The Morgan fingerprint density at radius 1 is 1.13 bits per heavy atom. The van der Waals surface area contributed by atoms with Gasteiger partial charge in [-0.2, -0.15) is 0 Å². The van der Waals surface area contributed by atoms with Crippen LogP contribution in [0.1, 0.15) is 57.1 Å². The molecule has 0 amide bonds. The molecule has 0 aromatic heterocycles. The van der Waals surface area contributed by atoms with Crippen molar-refractivity contribution in [2.75, 3.05) is 6.54 Å². The van der Waals surface area contributed by atoms with E-state index in [-0.39, 0.29) is 6.04 Å². The molecule has 1 aliphatic heterocycles. The molecule has 0 bridgehead atoms. The van der Waals surface area contributed by atoms with Crippen LogP contribution >= 0.6 is 0 Å². The normalized spacial score (nSPS) is 21.2. The fraction of sp³-hybridized carbons (Fsp3) is 0.619. The second-order valence-corrected chi connectivity index (χ2v) is 7.66. The molecule has 2 heteroatoms. The highest BCUT2D eigenvalue weighted by Crippen LogP contribution is 2.31. The Morgan fingerprint density at radius 3 is 2.52 bits per heavy atom. The fourth-order valence-corrected chi connectivity index (χ4v) is 3.96. The highest BCUT2D eigenvalue weighted by Gasteiger charge is 2.30. The predicted molar refractivity (Wildman–Crippen MR) is 95.0 cm³/mol. The summed E-state index contributed by atoms with van der Waals surface area (Å²) in [6.07, 6.45) is 7.70. The molecule has 1 aliphatic carbocycles. The van der Waals surface area contributed by atoms with Crippen LogP contribution < -0.4 is 0 Å². The maximum atomic E-state index is 10.0. The minimum Gasteiger partial charge on any atom is -0.378 e. The van der Waals surface area contributed by atoms with Crippen molar-refractivity contribution in [3.63, 3.8) is 0 Å². The second kappa shape index (κ2) is 7.07. The van der Waals surface area contributed by atoms with Crippen molar-refractivity contribution in [1.29, 1.82) is 0 Å². The Morgan fingerprint density at radius 2 is 1.83 bits per heavy atom. The van der Waals surface area contributed by atoms with Crippen LogP contribution in [0.25, 0.3) is 0 Å². The van der Waals surface area contributed by atoms with E-state index in [1.54, 1.807) is 13.8 Å². The number of aliphatic hydroxyl groups is 1. The number of hydrogen-bond acceptors (Lipinski definition) is 2. The van der Waals surface area contributed by atoms with Crippen molar-refractivity contribution < 1.29 is 5.11 Å². The second-order valence-electron chi connectivity index (χ2n) is 7.66. The van der Waals surface area contributed by atoms with Gasteiger partial charge in [0.05, 0.1) is 6.04 Å². The maximum absolute atomic E-state index is 10.0. The molecule has 0 radical (unpaired) electrons. The van der Waals surface area contributed by atoms with Gasteiger partial charge in [-0.3, -0.25) is 4.90 Å². The van der Waals surface area contributed by atoms with Gasteiger partial charge in [-0.15, -0.1) is 0 Å². The van der Waals surface area contributed by atoms with Crippen LogP contribution in [0.2, 0.25) is 0 Å². The SMILES string of the molecule is CC(C)(O)C#C[C@H](C1CCCCC1)N1CCc2ccccc2C1.